The molecule has 0 atom stereocenters. The molecule has 4 nitrogen and oxygen atoms in total. The Morgan fingerprint density at radius 3 is 2.50 bits per heavy atom. The van der Waals surface area contributed by atoms with Crippen LogP contribution in [-0.2, 0) is 9.59 Å². The van der Waals surface area contributed by atoms with Gasteiger partial charge in [-0.1, -0.05) is 12.1 Å². The Labute approximate surface area is 107 Å². The van der Waals surface area contributed by atoms with Crippen molar-refractivity contribution < 1.29 is 9.59 Å². The van der Waals surface area contributed by atoms with Crippen molar-refractivity contribution in [3.8, 4) is 0 Å². The number of likely N-dealkylation sites (tertiary alicyclic amines) is 1. The summed E-state index contributed by atoms with van der Waals surface area (Å²) in [5, 5.41) is 2.70. The van der Waals surface area contributed by atoms with Crippen LogP contribution in [0, 0.1) is 13.8 Å². The van der Waals surface area contributed by atoms with E-state index in [0.29, 0.717) is 18.8 Å². The van der Waals surface area contributed by atoms with Crippen LogP contribution < -0.4 is 5.32 Å². The highest BCUT2D eigenvalue weighted by Crippen LogP contribution is 2.17. The Kier molecular flexibility index (Phi) is 3.65. The molecule has 96 valence electrons. The van der Waals surface area contributed by atoms with Crippen molar-refractivity contribution in [3.63, 3.8) is 0 Å². The smallest absolute Gasteiger partial charge is 0.313 e. The summed E-state index contributed by atoms with van der Waals surface area (Å²) in [7, 11) is 0. The molecule has 0 aromatic heterocycles. The number of carbonyl (C=O) groups excluding carboxylic acids is 2. The Balaban J connectivity index is 2.06. The predicted molar refractivity (Wildman–Crippen MR) is 70.4 cm³/mol. The summed E-state index contributed by atoms with van der Waals surface area (Å²) in [6.07, 6.45) is 1.98. The molecule has 1 fully saturated rings. The van der Waals surface area contributed by atoms with Gasteiger partial charge in [0, 0.05) is 18.8 Å². The molecule has 1 heterocycles. The molecule has 0 aliphatic carbocycles. The molecule has 0 unspecified atom stereocenters. The lowest BCUT2D eigenvalue weighted by atomic mass is 10.1. The molecule has 0 spiro atoms. The number of hydrogen-bond donors (Lipinski definition) is 1. The lowest BCUT2D eigenvalue weighted by molar-refractivity contribution is -0.142. The quantitative estimate of drug-likeness (QED) is 0.769. The van der Waals surface area contributed by atoms with Crippen LogP contribution in [-0.4, -0.2) is 29.8 Å². The summed E-state index contributed by atoms with van der Waals surface area (Å²) >= 11 is 0. The van der Waals surface area contributed by atoms with E-state index in [-0.39, 0.29) is 0 Å². The second kappa shape index (κ2) is 5.21. The van der Waals surface area contributed by atoms with Gasteiger partial charge in [0.1, 0.15) is 0 Å². The van der Waals surface area contributed by atoms with Gasteiger partial charge in [-0.25, -0.2) is 0 Å². The first-order chi connectivity index (χ1) is 8.58. The van der Waals surface area contributed by atoms with Crippen molar-refractivity contribution in [2.24, 2.45) is 0 Å². The van der Waals surface area contributed by atoms with Crippen LogP contribution in [0.2, 0.25) is 0 Å². The largest absolute Gasteiger partial charge is 0.334 e. The second-order valence-corrected chi connectivity index (χ2v) is 4.77. The standard InChI is InChI=1S/C14H18N2O2/c1-10-5-6-11(2)12(9-10)15-13(17)14(18)16-7-3-4-8-16/h5-6,9H,3-4,7-8H2,1-2H3,(H,15,17). The molecular weight excluding hydrogens is 228 g/mol. The van der Waals surface area contributed by atoms with Gasteiger partial charge < -0.3 is 10.2 Å². The fourth-order valence-corrected chi connectivity index (χ4v) is 2.11. The first kappa shape index (κ1) is 12.6. The van der Waals surface area contributed by atoms with Gasteiger partial charge >= 0.3 is 11.8 Å². The second-order valence-electron chi connectivity index (χ2n) is 4.77. The number of nitrogens with one attached hydrogen (secondary N) is 1. The zero-order valence-electron chi connectivity index (χ0n) is 10.8. The van der Waals surface area contributed by atoms with E-state index in [1.807, 2.05) is 32.0 Å². The van der Waals surface area contributed by atoms with Crippen LogP contribution in [0.25, 0.3) is 0 Å². The van der Waals surface area contributed by atoms with Crippen molar-refractivity contribution in [2.45, 2.75) is 26.7 Å². The topological polar surface area (TPSA) is 49.4 Å². The summed E-state index contributed by atoms with van der Waals surface area (Å²) in [4.78, 5) is 25.3. The van der Waals surface area contributed by atoms with Crippen LogP contribution in [0.5, 0.6) is 0 Å². The molecule has 0 saturated carbocycles. The maximum atomic E-state index is 11.9. The van der Waals surface area contributed by atoms with Gasteiger partial charge in [-0.3, -0.25) is 9.59 Å². The van der Waals surface area contributed by atoms with E-state index in [9.17, 15) is 9.59 Å². The van der Waals surface area contributed by atoms with E-state index < -0.39 is 11.8 Å². The zero-order valence-corrected chi connectivity index (χ0v) is 10.8. The molecule has 1 aliphatic heterocycles. The van der Waals surface area contributed by atoms with E-state index in [1.165, 1.54) is 0 Å². The molecule has 2 rings (SSSR count). The molecule has 4 heteroatoms. The van der Waals surface area contributed by atoms with Gasteiger partial charge in [0.2, 0.25) is 0 Å². The molecule has 0 radical (unpaired) electrons. The molecule has 18 heavy (non-hydrogen) atoms. The number of hydrogen-bond acceptors (Lipinski definition) is 2. The number of carbonyl (C=O) groups is 2. The average molecular weight is 246 g/mol. The van der Waals surface area contributed by atoms with Crippen LogP contribution >= 0.6 is 0 Å². The summed E-state index contributed by atoms with van der Waals surface area (Å²) < 4.78 is 0. The Hall–Kier alpha value is -1.84. The number of benzene rings is 1. The van der Waals surface area contributed by atoms with Crippen LogP contribution in [0.4, 0.5) is 5.69 Å². The summed E-state index contributed by atoms with van der Waals surface area (Å²) in [6.45, 7) is 5.25. The van der Waals surface area contributed by atoms with Crippen molar-refractivity contribution in [3.05, 3.63) is 29.3 Å². The first-order valence-corrected chi connectivity index (χ1v) is 6.25. The van der Waals surface area contributed by atoms with Crippen molar-refractivity contribution >= 4 is 17.5 Å². The highest BCUT2D eigenvalue weighted by molar-refractivity contribution is 6.39. The van der Waals surface area contributed by atoms with Gasteiger partial charge in [-0.15, -0.1) is 0 Å². The fourth-order valence-electron chi connectivity index (χ4n) is 2.11. The third-order valence-corrected chi connectivity index (χ3v) is 3.23. The van der Waals surface area contributed by atoms with E-state index >= 15 is 0 Å². The van der Waals surface area contributed by atoms with Gasteiger partial charge in [-0.2, -0.15) is 0 Å². The summed E-state index contributed by atoms with van der Waals surface area (Å²) in [6, 6.07) is 5.79. The van der Waals surface area contributed by atoms with Crippen LogP contribution in [0.15, 0.2) is 18.2 Å². The number of anilines is 1. The lowest BCUT2D eigenvalue weighted by Crippen LogP contribution is -2.37. The molecule has 0 bridgehead atoms. The first-order valence-electron chi connectivity index (χ1n) is 6.25. The molecule has 1 N–H and O–H groups in total. The molecule has 1 aromatic rings. The van der Waals surface area contributed by atoms with Crippen molar-refractivity contribution in [1.82, 2.24) is 4.90 Å². The summed E-state index contributed by atoms with van der Waals surface area (Å²) in [5.41, 5.74) is 2.74. The van der Waals surface area contributed by atoms with E-state index in [2.05, 4.69) is 5.32 Å². The minimum atomic E-state index is -0.536. The van der Waals surface area contributed by atoms with Gasteiger partial charge in [-0.05, 0) is 43.9 Å². The van der Waals surface area contributed by atoms with Crippen molar-refractivity contribution in [2.75, 3.05) is 18.4 Å². The molecule has 2 amide bonds. The number of rotatable bonds is 1. The molecule has 1 aliphatic rings. The van der Waals surface area contributed by atoms with E-state index in [0.717, 1.165) is 24.0 Å². The Morgan fingerprint density at radius 1 is 1.17 bits per heavy atom. The molecular formula is C14H18N2O2. The van der Waals surface area contributed by atoms with Gasteiger partial charge in [0.15, 0.2) is 0 Å². The fraction of sp³-hybridized carbons (Fsp3) is 0.429. The number of aryl methyl sites for hydroxylation is 2. The van der Waals surface area contributed by atoms with Gasteiger partial charge in [0.25, 0.3) is 0 Å². The molecule has 1 aromatic carbocycles. The minimum Gasteiger partial charge on any atom is -0.334 e. The Morgan fingerprint density at radius 2 is 1.83 bits per heavy atom. The number of nitrogens with zero attached hydrogens (tertiary/aromatic N) is 1. The normalized spacial score (nSPS) is 14.7. The minimum absolute atomic E-state index is 0.423. The van der Waals surface area contributed by atoms with Crippen molar-refractivity contribution in [1.29, 1.82) is 0 Å². The third-order valence-electron chi connectivity index (χ3n) is 3.23. The third kappa shape index (κ3) is 2.70. The SMILES string of the molecule is Cc1ccc(C)c(NC(=O)C(=O)N2CCCC2)c1. The van der Waals surface area contributed by atoms with E-state index in [4.69, 9.17) is 0 Å². The Bertz CT molecular complexity index is 477. The monoisotopic (exact) mass is 246 g/mol. The lowest BCUT2D eigenvalue weighted by Gasteiger charge is -2.15. The van der Waals surface area contributed by atoms with Crippen LogP contribution in [0.3, 0.4) is 0 Å². The highest BCUT2D eigenvalue weighted by atomic mass is 16.2. The zero-order chi connectivity index (χ0) is 13.1. The maximum Gasteiger partial charge on any atom is 0.313 e. The van der Waals surface area contributed by atoms with Gasteiger partial charge in [0.05, 0.1) is 0 Å². The predicted octanol–water partition coefficient (Wildman–Crippen LogP) is 1.86. The highest BCUT2D eigenvalue weighted by Gasteiger charge is 2.24. The average Bonchev–Trinajstić information content (AvgIpc) is 2.86. The maximum absolute atomic E-state index is 11.9. The summed E-state index contributed by atoms with van der Waals surface area (Å²) in [5.74, 6) is -0.959. The number of amides is 2. The van der Waals surface area contributed by atoms with Crippen LogP contribution in [0.1, 0.15) is 24.0 Å². The molecule has 1 saturated heterocycles. The van der Waals surface area contributed by atoms with E-state index in [1.54, 1.807) is 4.90 Å².